The molecule has 1 fully saturated rings. The van der Waals surface area contributed by atoms with E-state index in [2.05, 4.69) is 25.9 Å². The SMILES string of the molecule is O=C1Nc2c(Cl)cc3nc(CNCc4ncco4)oc3c2C2(CCCCC2)N1. The maximum atomic E-state index is 12.3. The van der Waals surface area contributed by atoms with Crippen molar-refractivity contribution in [3.8, 4) is 0 Å². The fourth-order valence-electron chi connectivity index (χ4n) is 4.31. The van der Waals surface area contributed by atoms with Crippen LogP contribution < -0.4 is 16.0 Å². The van der Waals surface area contributed by atoms with Gasteiger partial charge in [0.15, 0.2) is 5.58 Å². The van der Waals surface area contributed by atoms with Gasteiger partial charge in [-0.3, -0.25) is 0 Å². The smallest absolute Gasteiger partial charge is 0.319 e. The van der Waals surface area contributed by atoms with Crippen molar-refractivity contribution in [3.63, 3.8) is 0 Å². The van der Waals surface area contributed by atoms with E-state index in [0.29, 0.717) is 46.7 Å². The lowest BCUT2D eigenvalue weighted by Crippen LogP contribution is -2.52. The first-order valence-electron chi connectivity index (χ1n) is 9.45. The van der Waals surface area contributed by atoms with Gasteiger partial charge in [-0.05, 0) is 18.9 Å². The molecule has 2 amide bonds. The zero-order chi connectivity index (χ0) is 19.1. The van der Waals surface area contributed by atoms with Crippen LogP contribution in [-0.4, -0.2) is 16.0 Å². The number of urea groups is 1. The molecule has 0 saturated heterocycles. The number of rotatable bonds is 4. The topological polar surface area (TPSA) is 105 Å². The molecule has 146 valence electrons. The number of aromatic nitrogens is 2. The van der Waals surface area contributed by atoms with Crippen LogP contribution in [0.1, 0.15) is 49.4 Å². The van der Waals surface area contributed by atoms with Crippen LogP contribution in [0.4, 0.5) is 10.5 Å². The normalized spacial score (nSPS) is 18.1. The van der Waals surface area contributed by atoms with Crippen LogP contribution in [0.25, 0.3) is 11.1 Å². The molecule has 3 N–H and O–H groups in total. The molecule has 28 heavy (non-hydrogen) atoms. The fourth-order valence-corrected chi connectivity index (χ4v) is 4.55. The number of benzene rings is 1. The summed E-state index contributed by atoms with van der Waals surface area (Å²) in [6.45, 7) is 0.905. The van der Waals surface area contributed by atoms with Gasteiger partial charge in [0.2, 0.25) is 11.8 Å². The van der Waals surface area contributed by atoms with E-state index in [1.54, 1.807) is 12.3 Å². The zero-order valence-corrected chi connectivity index (χ0v) is 15.9. The highest BCUT2D eigenvalue weighted by atomic mass is 35.5. The number of carbonyl (C=O) groups is 1. The molecular weight excluding hydrogens is 382 g/mol. The number of oxazole rings is 2. The quantitative estimate of drug-likeness (QED) is 0.609. The Morgan fingerprint density at radius 2 is 2.04 bits per heavy atom. The van der Waals surface area contributed by atoms with Crippen molar-refractivity contribution in [2.24, 2.45) is 0 Å². The van der Waals surface area contributed by atoms with Gasteiger partial charge in [0, 0.05) is 5.56 Å². The Labute approximate surface area is 166 Å². The molecule has 3 aromatic rings. The molecule has 2 aliphatic rings. The minimum atomic E-state index is -0.457. The average Bonchev–Trinajstić information content (AvgIpc) is 3.32. The van der Waals surface area contributed by atoms with Gasteiger partial charge in [-0.15, -0.1) is 0 Å². The highest BCUT2D eigenvalue weighted by Gasteiger charge is 2.44. The van der Waals surface area contributed by atoms with Crippen LogP contribution in [0.2, 0.25) is 5.02 Å². The summed E-state index contributed by atoms with van der Waals surface area (Å²) in [7, 11) is 0. The monoisotopic (exact) mass is 401 g/mol. The van der Waals surface area contributed by atoms with Gasteiger partial charge in [-0.1, -0.05) is 30.9 Å². The van der Waals surface area contributed by atoms with E-state index in [1.807, 2.05) is 0 Å². The summed E-state index contributed by atoms with van der Waals surface area (Å²) >= 11 is 6.51. The van der Waals surface area contributed by atoms with E-state index in [4.69, 9.17) is 20.4 Å². The Bertz CT molecular complexity index is 1020. The lowest BCUT2D eigenvalue weighted by Gasteiger charge is -2.42. The highest BCUT2D eigenvalue weighted by Crippen LogP contribution is 2.48. The van der Waals surface area contributed by atoms with Crippen molar-refractivity contribution in [3.05, 3.63) is 40.9 Å². The van der Waals surface area contributed by atoms with Crippen molar-refractivity contribution < 1.29 is 13.6 Å². The number of fused-ring (bicyclic) bond motifs is 4. The van der Waals surface area contributed by atoms with E-state index in [-0.39, 0.29) is 6.03 Å². The summed E-state index contributed by atoms with van der Waals surface area (Å²) in [5.41, 5.74) is 2.47. The summed E-state index contributed by atoms with van der Waals surface area (Å²) in [5.74, 6) is 1.15. The maximum absolute atomic E-state index is 12.3. The first kappa shape index (κ1) is 17.5. The molecule has 1 aliphatic heterocycles. The molecule has 0 unspecified atom stereocenters. The predicted molar refractivity (Wildman–Crippen MR) is 103 cm³/mol. The number of hydrogen-bond donors (Lipinski definition) is 3. The van der Waals surface area contributed by atoms with Gasteiger partial charge in [0.25, 0.3) is 0 Å². The molecule has 5 rings (SSSR count). The minimum absolute atomic E-state index is 0.219. The van der Waals surface area contributed by atoms with Gasteiger partial charge in [0.1, 0.15) is 11.8 Å². The van der Waals surface area contributed by atoms with Crippen LogP contribution in [0, 0.1) is 0 Å². The van der Waals surface area contributed by atoms with E-state index < -0.39 is 5.54 Å². The number of anilines is 1. The third kappa shape index (κ3) is 2.93. The van der Waals surface area contributed by atoms with Crippen molar-refractivity contribution >= 4 is 34.4 Å². The van der Waals surface area contributed by atoms with Crippen LogP contribution in [0.3, 0.4) is 0 Å². The molecule has 8 nitrogen and oxygen atoms in total. The largest absolute Gasteiger partial charge is 0.448 e. The van der Waals surface area contributed by atoms with Gasteiger partial charge >= 0.3 is 6.03 Å². The van der Waals surface area contributed by atoms with Gasteiger partial charge in [-0.2, -0.15) is 0 Å². The molecule has 3 heterocycles. The molecule has 1 spiro atoms. The molecule has 2 aromatic heterocycles. The number of carbonyl (C=O) groups excluding carboxylic acids is 1. The number of amides is 2. The molecule has 9 heteroatoms. The third-order valence-corrected chi connectivity index (χ3v) is 5.79. The lowest BCUT2D eigenvalue weighted by atomic mass is 9.74. The molecule has 0 radical (unpaired) electrons. The summed E-state index contributed by atoms with van der Waals surface area (Å²) < 4.78 is 11.3. The average molecular weight is 402 g/mol. The molecule has 0 atom stereocenters. The van der Waals surface area contributed by atoms with Gasteiger partial charge < -0.3 is 24.8 Å². The molecule has 1 aliphatic carbocycles. The third-order valence-electron chi connectivity index (χ3n) is 5.49. The second-order valence-electron chi connectivity index (χ2n) is 7.32. The Morgan fingerprint density at radius 3 is 2.82 bits per heavy atom. The summed E-state index contributed by atoms with van der Waals surface area (Å²) in [5, 5.41) is 9.69. The standard InChI is InChI=1S/C19H20ClN5O3/c20-11-8-12-17(28-14(23-12)10-21-9-13-22-6-7-27-13)15-16(11)24-18(26)25-19(15)4-2-1-3-5-19/h6-8,21H,1-5,9-10H2,(H2,24,25,26). The van der Waals surface area contributed by atoms with Gasteiger partial charge in [-0.25, -0.2) is 14.8 Å². The fraction of sp³-hybridized carbons (Fsp3) is 0.421. The first-order chi connectivity index (χ1) is 13.6. The molecule has 1 aromatic carbocycles. The van der Waals surface area contributed by atoms with Crippen molar-refractivity contribution in [2.45, 2.75) is 50.7 Å². The Morgan fingerprint density at radius 1 is 1.21 bits per heavy atom. The van der Waals surface area contributed by atoms with Crippen LogP contribution in [0.15, 0.2) is 27.4 Å². The van der Waals surface area contributed by atoms with Crippen molar-refractivity contribution in [2.75, 3.05) is 5.32 Å². The molecule has 0 bridgehead atoms. The zero-order valence-electron chi connectivity index (χ0n) is 15.2. The predicted octanol–water partition coefficient (Wildman–Crippen LogP) is 4.05. The van der Waals surface area contributed by atoms with E-state index in [0.717, 1.165) is 37.7 Å². The number of nitrogens with zero attached hydrogens (tertiary/aromatic N) is 2. The number of hydrogen-bond acceptors (Lipinski definition) is 6. The van der Waals surface area contributed by atoms with E-state index >= 15 is 0 Å². The van der Waals surface area contributed by atoms with Crippen molar-refractivity contribution in [1.82, 2.24) is 20.6 Å². The van der Waals surface area contributed by atoms with Crippen LogP contribution >= 0.6 is 11.6 Å². The van der Waals surface area contributed by atoms with E-state index in [9.17, 15) is 4.79 Å². The van der Waals surface area contributed by atoms with Crippen LogP contribution in [0.5, 0.6) is 0 Å². The summed E-state index contributed by atoms with van der Waals surface area (Å²) in [6, 6.07) is 1.53. The number of nitrogens with one attached hydrogen (secondary N) is 3. The Kier molecular flexibility index (Phi) is 4.25. The summed E-state index contributed by atoms with van der Waals surface area (Å²) in [4.78, 5) is 21.0. The Balaban J connectivity index is 1.52. The first-order valence-corrected chi connectivity index (χ1v) is 9.83. The minimum Gasteiger partial charge on any atom is -0.448 e. The van der Waals surface area contributed by atoms with Crippen molar-refractivity contribution in [1.29, 1.82) is 0 Å². The second kappa shape index (κ2) is 6.79. The summed E-state index contributed by atoms with van der Waals surface area (Å²) in [6.07, 6.45) is 8.13. The molecule has 1 saturated carbocycles. The highest BCUT2D eigenvalue weighted by molar-refractivity contribution is 6.35. The second-order valence-corrected chi connectivity index (χ2v) is 7.72. The van der Waals surface area contributed by atoms with E-state index in [1.165, 1.54) is 6.26 Å². The van der Waals surface area contributed by atoms with Crippen LogP contribution in [-0.2, 0) is 18.6 Å². The lowest BCUT2D eigenvalue weighted by molar-refractivity contribution is 0.209. The Hall–Kier alpha value is -2.58. The van der Waals surface area contributed by atoms with Gasteiger partial charge in [0.05, 0.1) is 35.5 Å². The number of halogens is 1. The molecular formula is C19H20ClN5O3. The maximum Gasteiger partial charge on any atom is 0.319 e.